The molecule has 7 nitrogen and oxygen atoms in total. The number of aliphatic hydroxyl groups is 1. The van der Waals surface area contributed by atoms with Crippen molar-refractivity contribution in [2.45, 2.75) is 52.2 Å². The van der Waals surface area contributed by atoms with E-state index in [1.165, 1.54) is 0 Å². The molecular weight excluding hydrogens is 430 g/mol. The molecule has 0 spiro atoms. The third-order valence-electron chi connectivity index (χ3n) is 8.16. The van der Waals surface area contributed by atoms with Crippen molar-refractivity contribution in [1.29, 1.82) is 5.26 Å². The van der Waals surface area contributed by atoms with Gasteiger partial charge in [0.2, 0.25) is 0 Å². The van der Waals surface area contributed by atoms with E-state index >= 15 is 0 Å². The van der Waals surface area contributed by atoms with Gasteiger partial charge in [-0.05, 0) is 69.7 Å². The number of fused-ring (bicyclic) bond motifs is 1. The Balaban J connectivity index is 1.28. The van der Waals surface area contributed by atoms with E-state index in [2.05, 4.69) is 16.0 Å². The Labute approximate surface area is 201 Å². The van der Waals surface area contributed by atoms with Crippen molar-refractivity contribution in [2.24, 2.45) is 34.6 Å². The Morgan fingerprint density at radius 2 is 2.03 bits per heavy atom. The summed E-state index contributed by atoms with van der Waals surface area (Å²) in [5.74, 6) is -0.0810. The van der Waals surface area contributed by atoms with E-state index in [4.69, 9.17) is 4.74 Å². The Hall–Kier alpha value is -2.56. The lowest BCUT2D eigenvalue weighted by atomic mass is 9.78. The van der Waals surface area contributed by atoms with Crippen LogP contribution in [0.4, 0.5) is 0 Å². The first-order chi connectivity index (χ1) is 16.3. The van der Waals surface area contributed by atoms with E-state index in [1.807, 2.05) is 39.0 Å². The number of esters is 1. The molecule has 2 fully saturated rings. The molecule has 1 aliphatic carbocycles. The molecule has 0 aromatic rings. The highest BCUT2D eigenvalue weighted by Crippen LogP contribution is 2.37. The summed E-state index contributed by atoms with van der Waals surface area (Å²) >= 11 is 0. The molecule has 2 saturated heterocycles. The van der Waals surface area contributed by atoms with Crippen molar-refractivity contribution in [3.8, 4) is 6.07 Å². The lowest BCUT2D eigenvalue weighted by Gasteiger charge is -2.33. The second kappa shape index (κ2) is 10.4. The van der Waals surface area contributed by atoms with Crippen molar-refractivity contribution in [3.63, 3.8) is 0 Å². The van der Waals surface area contributed by atoms with Gasteiger partial charge in [-0.3, -0.25) is 19.5 Å². The number of hydrogen-bond acceptors (Lipinski definition) is 7. The van der Waals surface area contributed by atoms with E-state index < -0.39 is 6.10 Å². The number of aliphatic imine (C=N–C) groups is 1. The third-order valence-corrected chi connectivity index (χ3v) is 8.16. The molecule has 7 heteroatoms. The summed E-state index contributed by atoms with van der Waals surface area (Å²) in [6.07, 6.45) is 9.32. The molecule has 3 heterocycles. The van der Waals surface area contributed by atoms with Crippen LogP contribution < -0.4 is 0 Å². The largest absolute Gasteiger partial charge is 0.465 e. The summed E-state index contributed by atoms with van der Waals surface area (Å²) in [5.41, 5.74) is 2.46. The van der Waals surface area contributed by atoms with Crippen LogP contribution >= 0.6 is 0 Å². The molecule has 4 aliphatic rings. The van der Waals surface area contributed by atoms with Gasteiger partial charge in [0.15, 0.2) is 5.78 Å². The number of allylic oxidation sites excluding steroid dienone is 2. The number of likely N-dealkylation sites (tertiary alicyclic amines) is 1. The Morgan fingerprint density at radius 1 is 1.29 bits per heavy atom. The topological polar surface area (TPSA) is 103 Å². The van der Waals surface area contributed by atoms with Gasteiger partial charge in [0.05, 0.1) is 43.2 Å². The number of cyclic esters (lactones) is 1. The normalized spacial score (nSPS) is 33.1. The minimum Gasteiger partial charge on any atom is -0.465 e. The highest BCUT2D eigenvalue weighted by molar-refractivity contribution is 6.45. The fourth-order valence-electron chi connectivity index (χ4n) is 5.55. The predicted octanol–water partition coefficient (Wildman–Crippen LogP) is 2.87. The zero-order valence-electron chi connectivity index (χ0n) is 20.3. The van der Waals surface area contributed by atoms with E-state index in [1.54, 1.807) is 6.08 Å². The van der Waals surface area contributed by atoms with Crippen LogP contribution in [0.25, 0.3) is 0 Å². The van der Waals surface area contributed by atoms with Gasteiger partial charge in [-0.15, -0.1) is 0 Å². The molecule has 0 radical (unpaired) electrons. The van der Waals surface area contributed by atoms with E-state index in [9.17, 15) is 20.0 Å². The SMILES string of the molecule is CC1=C(C(O)CC2CCN(CC(=O)C3=NC(C)C(C)C(C#N)C=C3)CC2)C=CC2C(=O)OCC12. The smallest absolute Gasteiger partial charge is 0.313 e. The van der Waals surface area contributed by atoms with Crippen molar-refractivity contribution in [2.75, 3.05) is 26.2 Å². The van der Waals surface area contributed by atoms with Crippen LogP contribution in [0, 0.1) is 40.9 Å². The van der Waals surface area contributed by atoms with Crippen molar-refractivity contribution >= 4 is 17.5 Å². The molecule has 0 amide bonds. The zero-order chi connectivity index (χ0) is 24.4. The van der Waals surface area contributed by atoms with Crippen molar-refractivity contribution < 1.29 is 19.4 Å². The van der Waals surface area contributed by atoms with E-state index in [0.717, 1.165) is 37.1 Å². The van der Waals surface area contributed by atoms with Gasteiger partial charge in [0, 0.05) is 5.92 Å². The molecule has 0 aromatic heterocycles. The first-order valence-electron chi connectivity index (χ1n) is 12.4. The van der Waals surface area contributed by atoms with Crippen LogP contribution in [0.2, 0.25) is 0 Å². The van der Waals surface area contributed by atoms with Crippen LogP contribution in [0.1, 0.15) is 40.0 Å². The lowest BCUT2D eigenvalue weighted by molar-refractivity contribution is -0.140. The van der Waals surface area contributed by atoms with Gasteiger partial charge in [-0.25, -0.2) is 0 Å². The van der Waals surface area contributed by atoms with Crippen molar-refractivity contribution in [1.82, 2.24) is 4.90 Å². The fraction of sp³-hybridized carbons (Fsp3) is 0.630. The molecule has 0 aromatic carbocycles. The molecule has 0 bridgehead atoms. The summed E-state index contributed by atoms with van der Waals surface area (Å²) in [5, 5.41) is 20.3. The van der Waals surface area contributed by atoms with Crippen LogP contribution in [-0.2, 0) is 14.3 Å². The highest BCUT2D eigenvalue weighted by Gasteiger charge is 2.39. The minimum atomic E-state index is -0.548. The maximum Gasteiger partial charge on any atom is 0.313 e. The number of Topliss-reactive ketones (excluding diaryl/α,β-unsaturated/α-hetero) is 1. The zero-order valence-corrected chi connectivity index (χ0v) is 20.3. The summed E-state index contributed by atoms with van der Waals surface area (Å²) in [7, 11) is 0. The van der Waals surface area contributed by atoms with Crippen LogP contribution in [0.15, 0.2) is 40.4 Å². The number of nitriles is 1. The summed E-state index contributed by atoms with van der Waals surface area (Å²) < 4.78 is 5.20. The first kappa shape index (κ1) is 24.6. The van der Waals surface area contributed by atoms with E-state index in [-0.39, 0.29) is 41.5 Å². The number of nitrogens with zero attached hydrogens (tertiary/aromatic N) is 3. The quantitative estimate of drug-likeness (QED) is 0.605. The van der Waals surface area contributed by atoms with Crippen LogP contribution in [0.5, 0.6) is 0 Å². The molecular formula is C27H35N3O4. The Morgan fingerprint density at radius 3 is 2.74 bits per heavy atom. The standard InChI is InChI=1S/C27H35N3O4/c1-16-18(3)29-24(7-4-20(16)13-28)26(32)14-30-10-8-19(9-11-30)12-25(31)21-5-6-22-23(17(21)2)15-34-27(22)33/h4-7,16,18-20,22-23,25,31H,8-12,14-15H2,1-3H3. The molecule has 3 aliphatic heterocycles. The average molecular weight is 466 g/mol. The molecule has 182 valence electrons. The van der Waals surface area contributed by atoms with Crippen molar-refractivity contribution in [3.05, 3.63) is 35.5 Å². The first-order valence-corrected chi connectivity index (χ1v) is 12.4. The molecule has 6 unspecified atom stereocenters. The number of hydrogen-bond donors (Lipinski definition) is 1. The van der Waals surface area contributed by atoms with Crippen LogP contribution in [-0.4, -0.2) is 65.9 Å². The number of rotatable bonds is 6. The highest BCUT2D eigenvalue weighted by atomic mass is 16.5. The summed E-state index contributed by atoms with van der Waals surface area (Å²) in [4.78, 5) is 31.5. The van der Waals surface area contributed by atoms with Gasteiger partial charge >= 0.3 is 5.97 Å². The molecule has 6 atom stereocenters. The summed E-state index contributed by atoms with van der Waals surface area (Å²) in [6.45, 7) is 8.32. The number of ether oxygens (including phenoxy) is 1. The molecule has 34 heavy (non-hydrogen) atoms. The fourth-order valence-corrected chi connectivity index (χ4v) is 5.55. The monoisotopic (exact) mass is 465 g/mol. The minimum absolute atomic E-state index is 0.00313. The molecule has 1 N–H and O–H groups in total. The maximum atomic E-state index is 12.9. The second-order valence-corrected chi connectivity index (χ2v) is 10.3. The third kappa shape index (κ3) is 5.08. The predicted molar refractivity (Wildman–Crippen MR) is 129 cm³/mol. The molecule has 0 saturated carbocycles. The van der Waals surface area contributed by atoms with Gasteiger partial charge in [-0.1, -0.05) is 30.7 Å². The number of carbonyl (C=O) groups excluding carboxylic acids is 2. The lowest BCUT2D eigenvalue weighted by Crippen LogP contribution is -2.40. The number of piperidine rings is 1. The number of aliphatic hydroxyl groups excluding tert-OH is 1. The molecule has 4 rings (SSSR count). The van der Waals surface area contributed by atoms with Gasteiger partial charge in [0.1, 0.15) is 5.71 Å². The Bertz CT molecular complexity index is 980. The number of carbonyl (C=O) groups is 2. The maximum absolute atomic E-state index is 12.9. The average Bonchev–Trinajstić information content (AvgIpc) is 3.14. The van der Waals surface area contributed by atoms with Gasteiger partial charge in [-0.2, -0.15) is 5.26 Å². The second-order valence-electron chi connectivity index (χ2n) is 10.3. The van der Waals surface area contributed by atoms with Gasteiger partial charge in [0.25, 0.3) is 0 Å². The number of ketones is 1. The van der Waals surface area contributed by atoms with E-state index in [0.29, 0.717) is 31.2 Å². The summed E-state index contributed by atoms with van der Waals surface area (Å²) in [6, 6.07) is 2.23. The Kier molecular flexibility index (Phi) is 7.49. The van der Waals surface area contributed by atoms with Crippen LogP contribution in [0.3, 0.4) is 0 Å². The van der Waals surface area contributed by atoms with Gasteiger partial charge < -0.3 is 9.84 Å².